The molecule has 0 unspecified atom stereocenters. The maximum atomic E-state index is 7.07. The third-order valence-electron chi connectivity index (χ3n) is 7.21. The van der Waals surface area contributed by atoms with E-state index in [-0.39, 0.29) is 5.04 Å². The first kappa shape index (κ1) is 22.9. The fourth-order valence-corrected chi connectivity index (χ4v) is 9.81. The summed E-state index contributed by atoms with van der Waals surface area (Å²) in [7, 11) is -0.467. The Morgan fingerprint density at radius 2 is 1.41 bits per heavy atom. The molecule has 1 aliphatic carbocycles. The lowest BCUT2D eigenvalue weighted by Crippen LogP contribution is -2.66. The Bertz CT molecular complexity index is 963. The van der Waals surface area contributed by atoms with E-state index in [9.17, 15) is 0 Å². The summed E-state index contributed by atoms with van der Waals surface area (Å²) in [6.45, 7) is 9.76. The van der Waals surface area contributed by atoms with Crippen LogP contribution in [0, 0.1) is 5.92 Å². The minimum absolute atomic E-state index is 0.0450. The van der Waals surface area contributed by atoms with Crippen molar-refractivity contribution in [3.05, 3.63) is 72.3 Å². The molecule has 32 heavy (non-hydrogen) atoms. The quantitative estimate of drug-likeness (QED) is 0.489. The van der Waals surface area contributed by atoms with Crippen LogP contribution in [0.3, 0.4) is 0 Å². The SMILES string of the molecule is Cn1c(CO[Si](c2ccccc2)(c2ccccc2)C(C)(C)C)nnc1[C@H]1CC[C@H](C)CC1. The van der Waals surface area contributed by atoms with Crippen molar-refractivity contribution in [2.75, 3.05) is 0 Å². The van der Waals surface area contributed by atoms with Gasteiger partial charge in [0.05, 0.1) is 6.61 Å². The average Bonchev–Trinajstić information content (AvgIpc) is 3.16. The van der Waals surface area contributed by atoms with E-state index >= 15 is 0 Å². The fourth-order valence-electron chi connectivity index (χ4n) is 5.31. The Morgan fingerprint density at radius 1 is 0.875 bits per heavy atom. The van der Waals surface area contributed by atoms with Crippen molar-refractivity contribution in [3.63, 3.8) is 0 Å². The molecule has 0 radical (unpaired) electrons. The standard InChI is InChI=1S/C27H37N3OSi/c1-21-16-18-22(19-17-21)26-29-28-25(30(26)5)20-31-32(27(2,3)4,23-12-8-6-9-13-23)24-14-10-7-11-15-24/h6-15,21-22H,16-20H2,1-5H3/t21-,22-. The molecule has 1 saturated carbocycles. The maximum absolute atomic E-state index is 7.07. The molecule has 4 rings (SSSR count). The largest absolute Gasteiger partial charge is 0.400 e. The molecule has 0 bridgehead atoms. The van der Waals surface area contributed by atoms with Gasteiger partial charge in [-0.15, -0.1) is 10.2 Å². The molecular weight excluding hydrogens is 410 g/mol. The molecule has 5 heteroatoms. The lowest BCUT2D eigenvalue weighted by atomic mass is 9.82. The molecule has 3 aromatic rings. The first-order valence-corrected chi connectivity index (χ1v) is 13.9. The monoisotopic (exact) mass is 447 g/mol. The molecule has 1 fully saturated rings. The number of aromatic nitrogens is 3. The number of benzene rings is 2. The maximum Gasteiger partial charge on any atom is 0.261 e. The van der Waals surface area contributed by atoms with Crippen LogP contribution in [0.1, 0.15) is 70.9 Å². The van der Waals surface area contributed by atoms with Crippen LogP contribution in [0.4, 0.5) is 0 Å². The summed E-state index contributed by atoms with van der Waals surface area (Å²) in [5.41, 5.74) is 0. The molecule has 1 aromatic heterocycles. The smallest absolute Gasteiger partial charge is 0.261 e. The van der Waals surface area contributed by atoms with Crippen molar-refractivity contribution in [1.82, 2.24) is 14.8 Å². The molecule has 0 spiro atoms. The number of hydrogen-bond acceptors (Lipinski definition) is 3. The van der Waals surface area contributed by atoms with Crippen molar-refractivity contribution in [2.24, 2.45) is 13.0 Å². The van der Waals surface area contributed by atoms with E-state index in [0.717, 1.165) is 17.6 Å². The highest BCUT2D eigenvalue weighted by Crippen LogP contribution is 2.38. The van der Waals surface area contributed by atoms with Gasteiger partial charge in [-0.2, -0.15) is 0 Å². The zero-order valence-corrected chi connectivity index (χ0v) is 21.2. The average molecular weight is 448 g/mol. The van der Waals surface area contributed by atoms with E-state index in [1.54, 1.807) is 0 Å². The number of hydrogen-bond donors (Lipinski definition) is 0. The van der Waals surface area contributed by atoms with E-state index in [0.29, 0.717) is 12.5 Å². The third-order valence-corrected chi connectivity index (χ3v) is 12.2. The summed E-state index contributed by atoms with van der Waals surface area (Å²) in [5.74, 6) is 3.40. The second-order valence-electron chi connectivity index (χ2n) is 10.4. The molecule has 0 amide bonds. The minimum Gasteiger partial charge on any atom is -0.400 e. The first-order valence-electron chi connectivity index (χ1n) is 12.0. The Hall–Kier alpha value is -2.24. The molecule has 0 atom stereocenters. The van der Waals surface area contributed by atoms with Gasteiger partial charge in [0.1, 0.15) is 5.82 Å². The van der Waals surface area contributed by atoms with Gasteiger partial charge >= 0.3 is 0 Å². The Kier molecular flexibility index (Phi) is 6.68. The van der Waals surface area contributed by atoms with E-state index < -0.39 is 8.32 Å². The summed E-state index contributed by atoms with van der Waals surface area (Å²) >= 11 is 0. The lowest BCUT2D eigenvalue weighted by molar-refractivity contribution is 0.271. The van der Waals surface area contributed by atoms with Gasteiger partial charge in [0, 0.05) is 13.0 Å². The number of rotatable bonds is 6. The highest BCUT2D eigenvalue weighted by Gasteiger charge is 2.50. The van der Waals surface area contributed by atoms with Crippen LogP contribution in [0.5, 0.6) is 0 Å². The van der Waals surface area contributed by atoms with Crippen LogP contribution >= 0.6 is 0 Å². The van der Waals surface area contributed by atoms with Crippen LogP contribution < -0.4 is 10.4 Å². The lowest BCUT2D eigenvalue weighted by Gasteiger charge is -2.42. The van der Waals surface area contributed by atoms with Crippen molar-refractivity contribution < 1.29 is 4.43 Å². The van der Waals surface area contributed by atoms with Gasteiger partial charge in [-0.05, 0) is 34.2 Å². The van der Waals surface area contributed by atoms with Gasteiger partial charge in [-0.1, -0.05) is 101 Å². The second-order valence-corrected chi connectivity index (χ2v) is 14.7. The normalized spacial score (nSPS) is 19.8. The third kappa shape index (κ3) is 4.33. The Labute approximate surface area is 194 Å². The molecule has 170 valence electrons. The molecule has 0 saturated heterocycles. The zero-order chi connectivity index (χ0) is 22.8. The molecule has 1 aliphatic rings. The van der Waals surface area contributed by atoms with E-state index in [1.807, 2.05) is 0 Å². The molecular formula is C27H37N3OSi. The number of nitrogens with zero attached hydrogens (tertiary/aromatic N) is 3. The van der Waals surface area contributed by atoms with Crippen LogP contribution in [0.2, 0.25) is 5.04 Å². The Balaban J connectivity index is 1.68. The first-order chi connectivity index (χ1) is 15.3. The van der Waals surface area contributed by atoms with Crippen LogP contribution in [-0.2, 0) is 18.1 Å². The van der Waals surface area contributed by atoms with Gasteiger partial charge < -0.3 is 8.99 Å². The summed E-state index contributed by atoms with van der Waals surface area (Å²) in [4.78, 5) is 0. The van der Waals surface area contributed by atoms with Crippen molar-refractivity contribution in [2.45, 2.75) is 70.9 Å². The predicted molar refractivity (Wildman–Crippen MR) is 134 cm³/mol. The van der Waals surface area contributed by atoms with Crippen LogP contribution in [0.25, 0.3) is 0 Å². The highest BCUT2D eigenvalue weighted by molar-refractivity contribution is 6.99. The van der Waals surface area contributed by atoms with Crippen LogP contribution in [0.15, 0.2) is 60.7 Å². The summed E-state index contributed by atoms with van der Waals surface area (Å²) in [6.07, 6.45) is 4.99. The van der Waals surface area contributed by atoms with Gasteiger partial charge in [0.2, 0.25) is 0 Å². The second kappa shape index (κ2) is 9.32. The van der Waals surface area contributed by atoms with Gasteiger partial charge in [-0.3, -0.25) is 0 Å². The van der Waals surface area contributed by atoms with E-state index in [2.05, 4.69) is 110 Å². The van der Waals surface area contributed by atoms with Crippen LogP contribution in [-0.4, -0.2) is 23.1 Å². The van der Waals surface area contributed by atoms with Gasteiger partial charge in [-0.25, -0.2) is 0 Å². The van der Waals surface area contributed by atoms with E-state index in [1.165, 1.54) is 36.1 Å². The molecule has 2 aromatic carbocycles. The molecule has 0 aliphatic heterocycles. The summed E-state index contributed by atoms with van der Waals surface area (Å²) in [6, 6.07) is 21.6. The van der Waals surface area contributed by atoms with E-state index in [4.69, 9.17) is 4.43 Å². The topological polar surface area (TPSA) is 39.9 Å². The highest BCUT2D eigenvalue weighted by atomic mass is 28.4. The molecule has 4 nitrogen and oxygen atoms in total. The van der Waals surface area contributed by atoms with Crippen molar-refractivity contribution in [3.8, 4) is 0 Å². The minimum atomic E-state index is -2.58. The molecule has 1 heterocycles. The Morgan fingerprint density at radius 3 is 1.91 bits per heavy atom. The molecule has 0 N–H and O–H groups in total. The van der Waals surface area contributed by atoms with Gasteiger partial charge in [0.15, 0.2) is 5.82 Å². The predicted octanol–water partition coefficient (Wildman–Crippen LogP) is 5.19. The summed E-state index contributed by atoms with van der Waals surface area (Å²) in [5, 5.41) is 11.8. The van der Waals surface area contributed by atoms with Gasteiger partial charge in [0.25, 0.3) is 8.32 Å². The zero-order valence-electron chi connectivity index (χ0n) is 20.2. The van der Waals surface area contributed by atoms with Crippen molar-refractivity contribution in [1.29, 1.82) is 0 Å². The fraction of sp³-hybridized carbons (Fsp3) is 0.481. The summed E-state index contributed by atoms with van der Waals surface area (Å²) < 4.78 is 9.26. The van der Waals surface area contributed by atoms with Crippen molar-refractivity contribution >= 4 is 18.7 Å².